The number of rotatable bonds is 14. The number of carbonyl (C=O) groups excluding carboxylic acids is 2. The summed E-state index contributed by atoms with van der Waals surface area (Å²) < 4.78 is 0. The smallest absolute Gasteiger partial charge is 0.295 e. The van der Waals surface area contributed by atoms with Gasteiger partial charge in [0.15, 0.2) is 0 Å². The molecule has 1 aliphatic heterocycles. The Labute approximate surface area is 227 Å². The van der Waals surface area contributed by atoms with E-state index in [2.05, 4.69) is 18.7 Å². The molecule has 0 unspecified atom stereocenters. The molecule has 0 aliphatic carbocycles. The maximum absolute atomic E-state index is 13.2. The van der Waals surface area contributed by atoms with Gasteiger partial charge in [0.2, 0.25) is 0 Å². The van der Waals surface area contributed by atoms with Crippen molar-refractivity contribution in [3.63, 3.8) is 0 Å². The minimum atomic E-state index is -1.04. The molecule has 0 radical (unpaired) electrons. The number of nitrogens with zero attached hydrogens (tertiary/aromatic N) is 4. The lowest BCUT2D eigenvalue weighted by Gasteiger charge is -2.27. The number of hydrogen-bond acceptors (Lipinski definition) is 8. The van der Waals surface area contributed by atoms with Crippen LogP contribution in [0, 0.1) is 20.2 Å². The number of benzene rings is 2. The van der Waals surface area contributed by atoms with E-state index in [-0.39, 0.29) is 29.1 Å². The zero-order chi connectivity index (χ0) is 28.5. The third-order valence-electron chi connectivity index (χ3n) is 6.82. The topological polar surface area (TPSA) is 147 Å². The lowest BCUT2D eigenvalue weighted by Crippen LogP contribution is -2.34. The Morgan fingerprint density at radius 2 is 1.49 bits per heavy atom. The van der Waals surface area contributed by atoms with Gasteiger partial charge < -0.3 is 14.9 Å². The molecule has 39 heavy (non-hydrogen) atoms. The second kappa shape index (κ2) is 13.6. The first kappa shape index (κ1) is 29.4. The number of ketones is 1. The molecule has 0 saturated carbocycles. The van der Waals surface area contributed by atoms with Gasteiger partial charge in [-0.1, -0.05) is 38.8 Å². The zero-order valence-corrected chi connectivity index (χ0v) is 22.2. The van der Waals surface area contributed by atoms with Gasteiger partial charge in [-0.15, -0.1) is 0 Å². The van der Waals surface area contributed by atoms with Crippen LogP contribution in [0.15, 0.2) is 54.1 Å². The molecule has 1 heterocycles. The van der Waals surface area contributed by atoms with Crippen molar-refractivity contribution in [3.05, 3.63) is 85.5 Å². The average molecular weight is 539 g/mol. The lowest BCUT2D eigenvalue weighted by atomic mass is 9.95. The third-order valence-corrected chi connectivity index (χ3v) is 6.82. The summed E-state index contributed by atoms with van der Waals surface area (Å²) in [6.07, 6.45) is 4.80. The Hall–Kier alpha value is -4.12. The van der Waals surface area contributed by atoms with Crippen molar-refractivity contribution in [1.29, 1.82) is 0 Å². The van der Waals surface area contributed by atoms with Gasteiger partial charge in [0, 0.05) is 36.4 Å². The molecule has 0 aromatic heterocycles. The number of nitro groups is 2. The first-order chi connectivity index (χ1) is 18.7. The predicted octanol–water partition coefficient (Wildman–Crippen LogP) is 5.22. The van der Waals surface area contributed by atoms with Gasteiger partial charge >= 0.3 is 0 Å². The van der Waals surface area contributed by atoms with E-state index in [1.54, 1.807) is 6.07 Å². The van der Waals surface area contributed by atoms with E-state index in [9.17, 15) is 34.9 Å². The maximum Gasteiger partial charge on any atom is 0.295 e. The highest BCUT2D eigenvalue weighted by atomic mass is 16.6. The number of unbranched alkanes of at least 4 members (excludes halogenated alkanes) is 2. The SMILES string of the molecule is CCCCN(CCCC)CCCN1C(=O)C(=O)C(=C(O)c2ccc([N+](=O)[O-])cc2)[C@@H]1c1cccc([N+](=O)[O-])c1. The molecular weight excluding hydrogens is 504 g/mol. The molecule has 208 valence electrons. The molecule has 1 aliphatic rings. The standard InChI is InChI=1S/C28H34N4O7/c1-3-5-15-29(16-6-4-2)17-8-18-30-25(21-9-7-10-23(19-21)32(38)39)24(27(34)28(30)35)26(33)20-11-13-22(14-12-20)31(36)37/h7,9-14,19,25,33H,3-6,8,15-18H2,1-2H3/t25-/m0/s1. The first-order valence-corrected chi connectivity index (χ1v) is 13.2. The van der Waals surface area contributed by atoms with Crippen LogP contribution >= 0.6 is 0 Å². The Morgan fingerprint density at radius 1 is 0.897 bits per heavy atom. The Morgan fingerprint density at radius 3 is 2.05 bits per heavy atom. The maximum atomic E-state index is 13.2. The van der Waals surface area contributed by atoms with E-state index in [1.165, 1.54) is 47.4 Å². The monoisotopic (exact) mass is 538 g/mol. The Bertz CT molecular complexity index is 1230. The molecule has 0 spiro atoms. The molecule has 2 aromatic carbocycles. The fourth-order valence-electron chi connectivity index (χ4n) is 4.73. The first-order valence-electron chi connectivity index (χ1n) is 13.2. The number of non-ortho nitro benzene ring substituents is 2. The summed E-state index contributed by atoms with van der Waals surface area (Å²) in [5, 5.41) is 33.6. The van der Waals surface area contributed by atoms with Crippen LogP contribution in [0.4, 0.5) is 11.4 Å². The Balaban J connectivity index is 1.99. The number of nitro benzene ring substituents is 2. The summed E-state index contributed by atoms with van der Waals surface area (Å²) in [6, 6.07) is 9.58. The van der Waals surface area contributed by atoms with Crippen LogP contribution in [0.25, 0.3) is 5.76 Å². The van der Waals surface area contributed by atoms with Crippen molar-refractivity contribution in [2.45, 2.75) is 52.0 Å². The van der Waals surface area contributed by atoms with Crippen LogP contribution in [-0.2, 0) is 9.59 Å². The molecule has 1 atom stereocenters. The molecule has 11 nitrogen and oxygen atoms in total. The van der Waals surface area contributed by atoms with Gasteiger partial charge in [-0.2, -0.15) is 0 Å². The highest BCUT2D eigenvalue weighted by Crippen LogP contribution is 2.40. The number of carbonyl (C=O) groups is 2. The van der Waals surface area contributed by atoms with Crippen LogP contribution in [0.5, 0.6) is 0 Å². The van der Waals surface area contributed by atoms with E-state index in [0.717, 1.165) is 38.8 Å². The second-order valence-electron chi connectivity index (χ2n) is 9.55. The number of likely N-dealkylation sites (tertiary alicyclic amines) is 1. The number of aliphatic hydroxyl groups excluding tert-OH is 1. The lowest BCUT2D eigenvalue weighted by molar-refractivity contribution is -0.385. The second-order valence-corrected chi connectivity index (χ2v) is 9.55. The number of amides is 1. The molecular formula is C28H34N4O7. The minimum Gasteiger partial charge on any atom is -0.507 e. The highest BCUT2D eigenvalue weighted by molar-refractivity contribution is 6.46. The van der Waals surface area contributed by atoms with Crippen molar-refractivity contribution < 1.29 is 24.5 Å². The number of Topliss-reactive ketones (excluding diaryl/α,β-unsaturated/α-hetero) is 1. The zero-order valence-electron chi connectivity index (χ0n) is 22.2. The summed E-state index contributed by atoms with van der Waals surface area (Å²) in [7, 11) is 0. The minimum absolute atomic E-state index is 0.124. The number of hydrogen-bond donors (Lipinski definition) is 1. The molecule has 1 saturated heterocycles. The van der Waals surface area contributed by atoms with Gasteiger partial charge in [-0.05, 0) is 56.6 Å². The van der Waals surface area contributed by atoms with Crippen LogP contribution in [0.1, 0.15) is 63.1 Å². The molecule has 0 bridgehead atoms. The molecule has 2 aromatic rings. The van der Waals surface area contributed by atoms with Crippen LogP contribution < -0.4 is 0 Å². The van der Waals surface area contributed by atoms with Crippen molar-refractivity contribution >= 4 is 28.8 Å². The molecule has 1 fully saturated rings. The summed E-state index contributed by atoms with van der Waals surface area (Å²) in [5.74, 6) is -2.20. The van der Waals surface area contributed by atoms with E-state index in [1.807, 2.05) is 0 Å². The van der Waals surface area contributed by atoms with Crippen molar-refractivity contribution in [2.75, 3.05) is 26.2 Å². The van der Waals surface area contributed by atoms with E-state index in [4.69, 9.17) is 0 Å². The van der Waals surface area contributed by atoms with E-state index >= 15 is 0 Å². The van der Waals surface area contributed by atoms with Crippen molar-refractivity contribution in [2.24, 2.45) is 0 Å². The molecule has 11 heteroatoms. The molecule has 3 rings (SSSR count). The van der Waals surface area contributed by atoms with Gasteiger partial charge in [0.25, 0.3) is 23.1 Å². The van der Waals surface area contributed by atoms with Gasteiger partial charge in [0.1, 0.15) is 5.76 Å². The summed E-state index contributed by atoms with van der Waals surface area (Å²) in [5.41, 5.74) is -0.167. The molecule has 1 amide bonds. The molecule has 1 N–H and O–H groups in total. The summed E-state index contributed by atoms with van der Waals surface area (Å²) in [6.45, 7) is 7.05. The Kier molecular flexibility index (Phi) is 10.3. The van der Waals surface area contributed by atoms with Gasteiger partial charge in [-0.3, -0.25) is 29.8 Å². The summed E-state index contributed by atoms with van der Waals surface area (Å²) >= 11 is 0. The predicted molar refractivity (Wildman–Crippen MR) is 146 cm³/mol. The summed E-state index contributed by atoms with van der Waals surface area (Å²) in [4.78, 5) is 51.5. The van der Waals surface area contributed by atoms with Gasteiger partial charge in [-0.25, -0.2) is 0 Å². The van der Waals surface area contributed by atoms with Crippen LogP contribution in [-0.4, -0.2) is 62.6 Å². The van der Waals surface area contributed by atoms with E-state index in [0.29, 0.717) is 18.5 Å². The fourth-order valence-corrected chi connectivity index (χ4v) is 4.73. The van der Waals surface area contributed by atoms with Crippen LogP contribution in [0.3, 0.4) is 0 Å². The normalized spacial score (nSPS) is 16.7. The van der Waals surface area contributed by atoms with Crippen LogP contribution in [0.2, 0.25) is 0 Å². The largest absolute Gasteiger partial charge is 0.507 e. The fraction of sp³-hybridized carbons (Fsp3) is 0.429. The average Bonchev–Trinajstić information content (AvgIpc) is 3.18. The third kappa shape index (κ3) is 7.05. The van der Waals surface area contributed by atoms with Gasteiger partial charge in [0.05, 0.1) is 21.5 Å². The quantitative estimate of drug-likeness (QED) is 0.113. The highest BCUT2D eigenvalue weighted by Gasteiger charge is 2.46. The van der Waals surface area contributed by atoms with E-state index < -0.39 is 33.3 Å². The number of aliphatic hydroxyl groups is 1. The van der Waals surface area contributed by atoms with Crippen molar-refractivity contribution in [3.8, 4) is 0 Å². The van der Waals surface area contributed by atoms with Crippen molar-refractivity contribution in [1.82, 2.24) is 9.80 Å².